The van der Waals surface area contributed by atoms with Crippen LogP contribution in [0.25, 0.3) is 0 Å². The molecule has 3 saturated heterocycles. The zero-order chi connectivity index (χ0) is 26.1. The van der Waals surface area contributed by atoms with E-state index in [0.29, 0.717) is 25.8 Å². The van der Waals surface area contributed by atoms with Gasteiger partial charge in [-0.05, 0) is 39.0 Å². The molecule has 0 aromatic carbocycles. The molecule has 7 atom stereocenters. The summed E-state index contributed by atoms with van der Waals surface area (Å²) in [5.74, 6) is -1.83. The number of halogens is 1. The highest BCUT2D eigenvalue weighted by Crippen LogP contribution is 2.68. The minimum absolute atomic E-state index is 0.0201. The standard InChI is InChI=1S/C26H39BrN2O5S/c1-7-9-11-34-25(33)19-20-23(31)29(17(14-30)12-15(3)4)22(24(32)28(10-8-2)16(5)6)26(20)13-18(27)21(19)35-26/h7-8,15-22,30H,1-2,9-14H2,3-6H3/t17-,18?,19-,20+,21-,22?,26?/m1/s1. The van der Waals surface area contributed by atoms with E-state index in [1.54, 1.807) is 33.7 Å². The van der Waals surface area contributed by atoms with Crippen molar-refractivity contribution in [2.75, 3.05) is 19.8 Å². The quantitative estimate of drug-likeness (QED) is 0.167. The van der Waals surface area contributed by atoms with Crippen LogP contribution in [0.3, 0.4) is 0 Å². The number of likely N-dealkylation sites (tertiary alicyclic amines) is 1. The molecule has 196 valence electrons. The molecule has 3 aliphatic heterocycles. The van der Waals surface area contributed by atoms with Crippen molar-refractivity contribution in [1.82, 2.24) is 9.80 Å². The first-order valence-electron chi connectivity index (χ1n) is 12.5. The molecule has 1 N–H and O–H groups in total. The van der Waals surface area contributed by atoms with Gasteiger partial charge in [0.15, 0.2) is 0 Å². The Bertz CT molecular complexity index is 852. The average molecular weight is 572 g/mol. The second-order valence-corrected chi connectivity index (χ2v) is 13.2. The number of hydrogen-bond donors (Lipinski definition) is 1. The van der Waals surface area contributed by atoms with Crippen molar-refractivity contribution < 1.29 is 24.2 Å². The molecular weight excluding hydrogens is 532 g/mol. The van der Waals surface area contributed by atoms with Crippen LogP contribution in [0.1, 0.15) is 47.0 Å². The average Bonchev–Trinajstić information content (AvgIpc) is 3.38. The van der Waals surface area contributed by atoms with Crippen LogP contribution in [0.15, 0.2) is 25.3 Å². The topological polar surface area (TPSA) is 87.2 Å². The molecule has 0 saturated carbocycles. The largest absolute Gasteiger partial charge is 0.465 e. The van der Waals surface area contributed by atoms with E-state index in [1.807, 2.05) is 27.7 Å². The molecule has 0 aliphatic carbocycles. The fourth-order valence-electron chi connectivity index (χ4n) is 6.02. The Morgan fingerprint density at radius 3 is 2.54 bits per heavy atom. The van der Waals surface area contributed by atoms with E-state index in [0.717, 1.165) is 0 Å². The van der Waals surface area contributed by atoms with Crippen LogP contribution in [-0.4, -0.2) is 85.4 Å². The van der Waals surface area contributed by atoms with Crippen LogP contribution in [-0.2, 0) is 19.1 Å². The second kappa shape index (κ2) is 11.4. The van der Waals surface area contributed by atoms with Gasteiger partial charge in [-0.3, -0.25) is 14.4 Å². The maximum atomic E-state index is 14.2. The summed E-state index contributed by atoms with van der Waals surface area (Å²) < 4.78 is 4.80. The molecule has 1 spiro atoms. The smallest absolute Gasteiger partial charge is 0.310 e. The third-order valence-corrected chi connectivity index (χ3v) is 10.6. The van der Waals surface area contributed by atoms with Gasteiger partial charge >= 0.3 is 5.97 Å². The van der Waals surface area contributed by atoms with Crippen LogP contribution in [0.5, 0.6) is 0 Å². The monoisotopic (exact) mass is 570 g/mol. The van der Waals surface area contributed by atoms with Crippen LogP contribution in [0, 0.1) is 17.8 Å². The highest BCUT2D eigenvalue weighted by atomic mass is 79.9. The van der Waals surface area contributed by atoms with Crippen molar-refractivity contribution in [2.45, 2.75) is 79.9 Å². The van der Waals surface area contributed by atoms with E-state index >= 15 is 0 Å². The molecule has 0 aromatic heterocycles. The maximum absolute atomic E-state index is 14.2. The molecule has 9 heteroatoms. The number of aliphatic hydroxyl groups is 1. The molecule has 0 radical (unpaired) electrons. The van der Waals surface area contributed by atoms with Crippen molar-refractivity contribution in [3.63, 3.8) is 0 Å². The number of carbonyl (C=O) groups excluding carboxylic acids is 3. The summed E-state index contributed by atoms with van der Waals surface area (Å²) >= 11 is 5.35. The van der Waals surface area contributed by atoms with Gasteiger partial charge in [0.25, 0.3) is 0 Å². The van der Waals surface area contributed by atoms with Gasteiger partial charge in [0.05, 0.1) is 35.8 Å². The second-order valence-electron chi connectivity index (χ2n) is 10.5. The van der Waals surface area contributed by atoms with Gasteiger partial charge in [-0.15, -0.1) is 24.9 Å². The minimum Gasteiger partial charge on any atom is -0.465 e. The zero-order valence-corrected chi connectivity index (χ0v) is 23.6. The van der Waals surface area contributed by atoms with Crippen molar-refractivity contribution in [3.05, 3.63) is 25.3 Å². The summed E-state index contributed by atoms with van der Waals surface area (Å²) in [5.41, 5.74) is 0. The molecule has 2 amide bonds. The fourth-order valence-corrected chi connectivity index (χ4v) is 9.60. The van der Waals surface area contributed by atoms with E-state index in [4.69, 9.17) is 4.74 Å². The van der Waals surface area contributed by atoms with Gasteiger partial charge in [-0.2, -0.15) is 0 Å². The zero-order valence-electron chi connectivity index (χ0n) is 21.2. The molecule has 2 bridgehead atoms. The SMILES string of the molecule is C=CCCOC(=O)[C@H]1[C@@H]2SC3(CC2Br)C(C(=O)N(CC=C)C(C)C)N([C@@H](CO)CC(C)C)C(=O)[C@H]13. The first-order valence-corrected chi connectivity index (χ1v) is 14.3. The highest BCUT2D eigenvalue weighted by Gasteiger charge is 2.76. The third kappa shape index (κ3) is 4.97. The summed E-state index contributed by atoms with van der Waals surface area (Å²) in [4.78, 5) is 45.0. The van der Waals surface area contributed by atoms with Gasteiger partial charge in [-0.25, -0.2) is 0 Å². The van der Waals surface area contributed by atoms with E-state index in [-0.39, 0.29) is 47.1 Å². The Morgan fingerprint density at radius 2 is 2.00 bits per heavy atom. The summed E-state index contributed by atoms with van der Waals surface area (Å²) in [6, 6.07) is -1.35. The van der Waals surface area contributed by atoms with E-state index < -0.39 is 34.6 Å². The fraction of sp³-hybridized carbons (Fsp3) is 0.731. The number of ether oxygens (including phenoxy) is 1. The van der Waals surface area contributed by atoms with E-state index in [2.05, 4.69) is 29.1 Å². The normalized spacial score (nSPS) is 32.2. The Morgan fingerprint density at radius 1 is 1.31 bits per heavy atom. The van der Waals surface area contributed by atoms with Crippen LogP contribution < -0.4 is 0 Å². The van der Waals surface area contributed by atoms with Gasteiger partial charge in [0, 0.05) is 22.7 Å². The number of hydrogen-bond acceptors (Lipinski definition) is 6. The van der Waals surface area contributed by atoms with Crippen molar-refractivity contribution in [3.8, 4) is 0 Å². The van der Waals surface area contributed by atoms with Crippen molar-refractivity contribution >= 4 is 45.5 Å². The highest BCUT2D eigenvalue weighted by molar-refractivity contribution is 9.09. The van der Waals surface area contributed by atoms with Gasteiger partial charge in [0.1, 0.15) is 6.04 Å². The first kappa shape index (κ1) is 28.3. The van der Waals surface area contributed by atoms with E-state index in [9.17, 15) is 19.5 Å². The third-order valence-electron chi connectivity index (χ3n) is 7.38. The number of amides is 2. The van der Waals surface area contributed by atoms with Crippen LogP contribution in [0.4, 0.5) is 0 Å². The van der Waals surface area contributed by atoms with Crippen molar-refractivity contribution in [1.29, 1.82) is 0 Å². The first-order chi connectivity index (χ1) is 16.5. The van der Waals surface area contributed by atoms with Gasteiger partial charge in [0.2, 0.25) is 11.8 Å². The molecule has 3 aliphatic rings. The Hall–Kier alpha value is -1.32. The number of alkyl halides is 1. The molecule has 7 nitrogen and oxygen atoms in total. The molecule has 3 unspecified atom stereocenters. The lowest BCUT2D eigenvalue weighted by atomic mass is 9.71. The summed E-state index contributed by atoms with van der Waals surface area (Å²) in [7, 11) is 0. The number of carbonyl (C=O) groups is 3. The molecule has 3 fully saturated rings. The van der Waals surface area contributed by atoms with Gasteiger partial charge in [-0.1, -0.05) is 41.9 Å². The number of nitrogens with zero attached hydrogens (tertiary/aromatic N) is 2. The summed E-state index contributed by atoms with van der Waals surface area (Å²) in [5, 5.41) is 10.2. The summed E-state index contributed by atoms with van der Waals surface area (Å²) in [6.45, 7) is 15.8. The maximum Gasteiger partial charge on any atom is 0.310 e. The lowest BCUT2D eigenvalue weighted by Crippen LogP contribution is -2.59. The number of thioether (sulfide) groups is 1. The molecule has 35 heavy (non-hydrogen) atoms. The lowest BCUT2D eigenvalue weighted by molar-refractivity contribution is -0.154. The number of fused-ring (bicyclic) bond motifs is 1. The predicted molar refractivity (Wildman–Crippen MR) is 142 cm³/mol. The van der Waals surface area contributed by atoms with Crippen LogP contribution in [0.2, 0.25) is 0 Å². The van der Waals surface area contributed by atoms with E-state index in [1.165, 1.54) is 0 Å². The Balaban J connectivity index is 2.09. The summed E-state index contributed by atoms with van der Waals surface area (Å²) in [6.07, 6.45) is 5.09. The molecule has 3 heterocycles. The predicted octanol–water partition coefficient (Wildman–Crippen LogP) is 3.40. The number of rotatable bonds is 12. The number of aliphatic hydroxyl groups excluding tert-OH is 1. The number of esters is 1. The molecule has 0 aromatic rings. The van der Waals surface area contributed by atoms with Crippen LogP contribution >= 0.6 is 27.7 Å². The lowest BCUT2D eigenvalue weighted by Gasteiger charge is -2.41. The molecular formula is C26H39BrN2O5S. The van der Waals surface area contributed by atoms with Gasteiger partial charge < -0.3 is 19.6 Å². The Labute approximate surface area is 221 Å². The Kier molecular flexibility index (Phi) is 9.19. The van der Waals surface area contributed by atoms with Crippen molar-refractivity contribution in [2.24, 2.45) is 17.8 Å². The minimum atomic E-state index is -0.765. The molecule has 3 rings (SSSR count).